The molecule has 0 heterocycles. The number of carbonyl (C=O) groups excluding carboxylic acids is 2. The minimum Gasteiger partial charge on any atom is -0.480 e. The van der Waals surface area contributed by atoms with E-state index in [1.54, 1.807) is 0 Å². The molecule has 0 spiro atoms. The maximum atomic E-state index is 11.4. The molecule has 0 aromatic heterocycles. The first-order valence-corrected chi connectivity index (χ1v) is 5.57. The van der Waals surface area contributed by atoms with E-state index in [-0.39, 0.29) is 13.2 Å². The Kier molecular flexibility index (Phi) is 8.63. The van der Waals surface area contributed by atoms with Crippen LogP contribution in [-0.4, -0.2) is 78.9 Å². The Bertz CT molecular complexity index is 356. The van der Waals surface area contributed by atoms with E-state index in [9.17, 15) is 19.2 Å². The smallest absolute Gasteiger partial charge is 0.321 e. The van der Waals surface area contributed by atoms with Crippen LogP contribution >= 0.6 is 0 Å². The third kappa shape index (κ3) is 9.79. The van der Waals surface area contributed by atoms with Gasteiger partial charge in [-0.05, 0) is 0 Å². The van der Waals surface area contributed by atoms with Crippen molar-refractivity contribution >= 4 is 23.9 Å². The topological polar surface area (TPSA) is 145 Å². The number of amides is 3. The molecule has 0 saturated heterocycles. The van der Waals surface area contributed by atoms with Crippen LogP contribution in [0.25, 0.3) is 0 Å². The number of methoxy groups -OCH3 is 1. The number of nitrogens with zero attached hydrogens (tertiary/aromatic N) is 1. The Morgan fingerprint density at radius 2 is 1.60 bits per heavy atom. The van der Waals surface area contributed by atoms with Crippen molar-refractivity contribution in [3.05, 3.63) is 0 Å². The lowest BCUT2D eigenvalue weighted by molar-refractivity contribution is -0.142. The number of carbonyl (C=O) groups is 4. The third-order valence-electron chi connectivity index (χ3n) is 1.93. The highest BCUT2D eigenvalue weighted by molar-refractivity contribution is 5.95. The van der Waals surface area contributed by atoms with Gasteiger partial charge in [0.15, 0.2) is 0 Å². The molecule has 20 heavy (non-hydrogen) atoms. The molecule has 4 N–H and O–H groups in total. The van der Waals surface area contributed by atoms with E-state index in [2.05, 4.69) is 10.1 Å². The van der Waals surface area contributed by atoms with E-state index in [1.807, 2.05) is 5.32 Å². The fourth-order valence-corrected chi connectivity index (χ4v) is 1.23. The molecule has 10 heteroatoms. The van der Waals surface area contributed by atoms with Gasteiger partial charge < -0.3 is 20.3 Å². The van der Waals surface area contributed by atoms with Crippen LogP contribution in [0, 0.1) is 0 Å². The highest BCUT2D eigenvalue weighted by Gasteiger charge is 2.18. The zero-order valence-corrected chi connectivity index (χ0v) is 10.9. The Morgan fingerprint density at radius 1 is 1.05 bits per heavy atom. The molecule has 0 fully saturated rings. The minimum absolute atomic E-state index is 0.198. The SMILES string of the molecule is COCCNC(=O)NC(=O)CN(CC(=O)O)CC(=O)O. The lowest BCUT2D eigenvalue weighted by Crippen LogP contribution is -2.47. The molecule has 0 unspecified atom stereocenters. The van der Waals surface area contributed by atoms with Crippen molar-refractivity contribution in [2.45, 2.75) is 0 Å². The second-order valence-corrected chi connectivity index (χ2v) is 3.73. The van der Waals surface area contributed by atoms with Gasteiger partial charge in [0.05, 0.1) is 26.2 Å². The molecule has 0 radical (unpaired) electrons. The fraction of sp³-hybridized carbons (Fsp3) is 0.600. The zero-order valence-electron chi connectivity index (χ0n) is 10.9. The van der Waals surface area contributed by atoms with Gasteiger partial charge in [-0.25, -0.2) is 4.79 Å². The average Bonchev–Trinajstić information content (AvgIpc) is 2.26. The maximum absolute atomic E-state index is 11.4. The van der Waals surface area contributed by atoms with Crippen LogP contribution in [0.4, 0.5) is 4.79 Å². The zero-order chi connectivity index (χ0) is 15.5. The largest absolute Gasteiger partial charge is 0.480 e. The number of nitrogens with one attached hydrogen (secondary N) is 2. The number of hydrogen-bond acceptors (Lipinski definition) is 6. The summed E-state index contributed by atoms with van der Waals surface area (Å²) in [5.74, 6) is -3.35. The highest BCUT2D eigenvalue weighted by atomic mass is 16.5. The Hall–Kier alpha value is -2.20. The van der Waals surface area contributed by atoms with E-state index in [0.717, 1.165) is 4.90 Å². The number of ether oxygens (including phenoxy) is 1. The van der Waals surface area contributed by atoms with Gasteiger partial charge in [0.2, 0.25) is 5.91 Å². The minimum atomic E-state index is -1.27. The molecule has 0 rings (SSSR count). The van der Waals surface area contributed by atoms with Crippen molar-refractivity contribution < 1.29 is 34.1 Å². The van der Waals surface area contributed by atoms with Crippen LogP contribution in [0.15, 0.2) is 0 Å². The van der Waals surface area contributed by atoms with Crippen molar-refractivity contribution in [2.24, 2.45) is 0 Å². The molecule has 0 saturated carbocycles. The quantitative estimate of drug-likeness (QED) is 0.354. The van der Waals surface area contributed by atoms with Gasteiger partial charge in [-0.15, -0.1) is 0 Å². The molecule has 0 aliphatic heterocycles. The second-order valence-electron chi connectivity index (χ2n) is 3.73. The molecule has 0 aromatic rings. The summed E-state index contributed by atoms with van der Waals surface area (Å²) in [5.41, 5.74) is 0. The first-order chi connectivity index (χ1) is 9.35. The first-order valence-electron chi connectivity index (χ1n) is 5.57. The van der Waals surface area contributed by atoms with Crippen LogP contribution in [0.5, 0.6) is 0 Å². The summed E-state index contributed by atoms with van der Waals surface area (Å²) in [6.45, 7) is -1.29. The molecule has 0 atom stereocenters. The average molecular weight is 291 g/mol. The Labute approximate surface area is 114 Å². The van der Waals surface area contributed by atoms with Gasteiger partial charge in [0, 0.05) is 13.7 Å². The summed E-state index contributed by atoms with van der Waals surface area (Å²) in [5, 5.41) is 21.4. The third-order valence-corrected chi connectivity index (χ3v) is 1.93. The Balaban J connectivity index is 4.20. The molecular weight excluding hydrogens is 274 g/mol. The van der Waals surface area contributed by atoms with Gasteiger partial charge in [-0.3, -0.25) is 24.6 Å². The summed E-state index contributed by atoms with van der Waals surface area (Å²) in [7, 11) is 1.44. The molecular formula is C10H17N3O7. The van der Waals surface area contributed by atoms with E-state index >= 15 is 0 Å². The molecule has 114 valence electrons. The van der Waals surface area contributed by atoms with Crippen LogP contribution < -0.4 is 10.6 Å². The molecule has 0 aliphatic rings. The van der Waals surface area contributed by atoms with Crippen LogP contribution in [0.2, 0.25) is 0 Å². The fourth-order valence-electron chi connectivity index (χ4n) is 1.23. The van der Waals surface area contributed by atoms with E-state index in [4.69, 9.17) is 10.2 Å². The van der Waals surface area contributed by atoms with Crippen molar-refractivity contribution in [3.63, 3.8) is 0 Å². The van der Waals surface area contributed by atoms with Gasteiger partial charge in [-0.2, -0.15) is 0 Å². The van der Waals surface area contributed by atoms with Crippen LogP contribution in [0.1, 0.15) is 0 Å². The number of imide groups is 1. The lowest BCUT2D eigenvalue weighted by Gasteiger charge is -2.17. The second kappa shape index (κ2) is 9.69. The summed E-state index contributed by atoms with van der Waals surface area (Å²) in [6, 6.07) is -0.766. The number of urea groups is 1. The number of carboxylic acid groups (broad SMARTS) is 2. The number of carboxylic acids is 2. The van der Waals surface area contributed by atoms with Gasteiger partial charge in [-0.1, -0.05) is 0 Å². The highest BCUT2D eigenvalue weighted by Crippen LogP contribution is 1.88. The van der Waals surface area contributed by atoms with Crippen molar-refractivity contribution in [3.8, 4) is 0 Å². The molecule has 0 aromatic carbocycles. The van der Waals surface area contributed by atoms with Crippen LogP contribution in [0.3, 0.4) is 0 Å². The van der Waals surface area contributed by atoms with Gasteiger partial charge in [0.1, 0.15) is 0 Å². The van der Waals surface area contributed by atoms with Crippen molar-refractivity contribution in [1.82, 2.24) is 15.5 Å². The summed E-state index contributed by atoms with van der Waals surface area (Å²) in [4.78, 5) is 44.5. The van der Waals surface area contributed by atoms with E-state index in [0.29, 0.717) is 0 Å². The molecule has 0 bridgehead atoms. The van der Waals surface area contributed by atoms with E-state index in [1.165, 1.54) is 7.11 Å². The summed E-state index contributed by atoms with van der Waals surface area (Å²) in [6.07, 6.45) is 0. The predicted octanol–water partition coefficient (Wildman–Crippen LogP) is -2.07. The van der Waals surface area contributed by atoms with Crippen molar-refractivity contribution in [1.29, 1.82) is 0 Å². The molecule has 10 nitrogen and oxygen atoms in total. The van der Waals surface area contributed by atoms with E-state index < -0.39 is 43.5 Å². The van der Waals surface area contributed by atoms with Crippen LogP contribution in [-0.2, 0) is 19.1 Å². The predicted molar refractivity (Wildman–Crippen MR) is 65.1 cm³/mol. The maximum Gasteiger partial charge on any atom is 0.321 e. The van der Waals surface area contributed by atoms with Crippen molar-refractivity contribution in [2.75, 3.05) is 39.9 Å². The normalized spacial score (nSPS) is 10.1. The monoisotopic (exact) mass is 291 g/mol. The molecule has 0 aliphatic carbocycles. The van der Waals surface area contributed by atoms with Gasteiger partial charge >= 0.3 is 18.0 Å². The lowest BCUT2D eigenvalue weighted by atomic mass is 10.4. The van der Waals surface area contributed by atoms with Gasteiger partial charge in [0.25, 0.3) is 0 Å². The number of hydrogen-bond donors (Lipinski definition) is 4. The number of rotatable bonds is 9. The summed E-state index contributed by atoms with van der Waals surface area (Å²) >= 11 is 0. The number of aliphatic carboxylic acids is 2. The first kappa shape index (κ1) is 17.8. The Morgan fingerprint density at radius 3 is 2.05 bits per heavy atom. The summed E-state index contributed by atoms with van der Waals surface area (Å²) < 4.78 is 4.68. The standard InChI is InChI=1S/C10H17N3O7/c1-20-3-2-11-10(19)12-7(14)4-13(5-8(15)16)6-9(17)18/h2-6H2,1H3,(H,15,16)(H,17,18)(H2,11,12,14,19). The molecule has 3 amide bonds.